The lowest BCUT2D eigenvalue weighted by atomic mass is 10.1. The van der Waals surface area contributed by atoms with Gasteiger partial charge in [-0.2, -0.15) is 5.10 Å². The average molecular weight is 245 g/mol. The predicted molar refractivity (Wildman–Crippen MR) is 57.3 cm³/mol. The fourth-order valence-electron chi connectivity index (χ4n) is 1.78. The van der Waals surface area contributed by atoms with E-state index in [1.165, 1.54) is 12.3 Å². The Labute approximate surface area is 94.4 Å². The largest absolute Gasteiger partial charge is 0.378 e. The minimum absolute atomic E-state index is 0.0583. The highest BCUT2D eigenvalue weighted by Crippen LogP contribution is 2.15. The van der Waals surface area contributed by atoms with E-state index in [0.717, 1.165) is 0 Å². The van der Waals surface area contributed by atoms with E-state index in [1.54, 1.807) is 0 Å². The van der Waals surface area contributed by atoms with E-state index in [2.05, 4.69) is 14.9 Å². The van der Waals surface area contributed by atoms with Crippen molar-refractivity contribution in [2.24, 2.45) is 0 Å². The molecule has 0 bridgehead atoms. The van der Waals surface area contributed by atoms with Gasteiger partial charge in [0.05, 0.1) is 12.3 Å². The van der Waals surface area contributed by atoms with Gasteiger partial charge >= 0.3 is 0 Å². The van der Waals surface area contributed by atoms with Crippen molar-refractivity contribution >= 4 is 10.0 Å². The molecular weight excluding hydrogens is 230 g/mol. The van der Waals surface area contributed by atoms with Crippen molar-refractivity contribution in [2.45, 2.75) is 36.9 Å². The van der Waals surface area contributed by atoms with Crippen LogP contribution >= 0.6 is 0 Å². The third-order valence-corrected chi connectivity index (χ3v) is 4.02. The molecule has 90 valence electrons. The van der Waals surface area contributed by atoms with E-state index in [-0.39, 0.29) is 17.2 Å². The lowest BCUT2D eigenvalue weighted by Gasteiger charge is -2.27. The number of ether oxygens (including phenoxy) is 1. The lowest BCUT2D eigenvalue weighted by molar-refractivity contribution is 0.0173. The molecule has 2 rings (SSSR count). The van der Waals surface area contributed by atoms with Crippen molar-refractivity contribution in [3.8, 4) is 0 Å². The van der Waals surface area contributed by atoms with Crippen molar-refractivity contribution in [1.82, 2.24) is 14.9 Å². The van der Waals surface area contributed by atoms with Crippen molar-refractivity contribution < 1.29 is 13.2 Å². The molecule has 2 unspecified atom stereocenters. The molecule has 1 aromatic rings. The van der Waals surface area contributed by atoms with Crippen LogP contribution in [0.5, 0.6) is 0 Å². The van der Waals surface area contributed by atoms with Crippen LogP contribution in [-0.4, -0.2) is 37.4 Å². The fraction of sp³-hybridized carbons (Fsp3) is 0.667. The van der Waals surface area contributed by atoms with Crippen LogP contribution in [0, 0.1) is 0 Å². The predicted octanol–water partition coefficient (Wildman–Crippen LogP) is 0.255. The van der Waals surface area contributed by atoms with Crippen LogP contribution in [0.3, 0.4) is 0 Å². The minimum atomic E-state index is -3.46. The summed E-state index contributed by atoms with van der Waals surface area (Å²) in [6.07, 6.45) is 2.93. The zero-order chi connectivity index (χ0) is 11.6. The minimum Gasteiger partial charge on any atom is -0.378 e. The number of aromatic nitrogens is 2. The number of nitrogens with zero attached hydrogens (tertiary/aromatic N) is 1. The van der Waals surface area contributed by atoms with Gasteiger partial charge in [-0.05, 0) is 25.8 Å². The molecule has 0 radical (unpaired) electrons. The van der Waals surface area contributed by atoms with Gasteiger partial charge in [0.1, 0.15) is 0 Å². The number of rotatable bonds is 3. The Balaban J connectivity index is 2.04. The molecule has 0 aromatic carbocycles. The molecule has 2 heterocycles. The van der Waals surface area contributed by atoms with Crippen molar-refractivity contribution in [3.05, 3.63) is 12.3 Å². The van der Waals surface area contributed by atoms with E-state index >= 15 is 0 Å². The van der Waals surface area contributed by atoms with Crippen LogP contribution in [0.4, 0.5) is 0 Å². The summed E-state index contributed by atoms with van der Waals surface area (Å²) in [7, 11) is -3.46. The smallest absolute Gasteiger partial charge is 0.257 e. The Morgan fingerprint density at radius 2 is 2.44 bits per heavy atom. The van der Waals surface area contributed by atoms with Gasteiger partial charge < -0.3 is 4.74 Å². The highest BCUT2D eigenvalue weighted by molar-refractivity contribution is 7.89. The van der Waals surface area contributed by atoms with Gasteiger partial charge in [-0.15, -0.1) is 0 Å². The topological polar surface area (TPSA) is 84.1 Å². The Bertz CT molecular complexity index is 429. The van der Waals surface area contributed by atoms with Crippen LogP contribution < -0.4 is 4.72 Å². The van der Waals surface area contributed by atoms with Crippen LogP contribution in [0.25, 0.3) is 0 Å². The molecule has 0 saturated carbocycles. The first kappa shape index (κ1) is 11.6. The molecule has 1 aliphatic heterocycles. The van der Waals surface area contributed by atoms with Gasteiger partial charge in [0.25, 0.3) is 10.0 Å². The molecule has 16 heavy (non-hydrogen) atoms. The van der Waals surface area contributed by atoms with Crippen LogP contribution in [-0.2, 0) is 14.8 Å². The van der Waals surface area contributed by atoms with Gasteiger partial charge in [0, 0.05) is 12.6 Å². The molecule has 7 heteroatoms. The zero-order valence-corrected chi connectivity index (χ0v) is 9.83. The summed E-state index contributed by atoms with van der Waals surface area (Å²) in [4.78, 5) is 0. The summed E-state index contributed by atoms with van der Waals surface area (Å²) in [6.45, 7) is 2.54. The summed E-state index contributed by atoms with van der Waals surface area (Å²) in [5, 5.41) is 6.18. The van der Waals surface area contributed by atoms with Gasteiger partial charge in [0.15, 0.2) is 5.03 Å². The van der Waals surface area contributed by atoms with Crippen LogP contribution in [0.2, 0.25) is 0 Å². The summed E-state index contributed by atoms with van der Waals surface area (Å²) >= 11 is 0. The van der Waals surface area contributed by atoms with E-state index in [1.807, 2.05) is 6.92 Å². The van der Waals surface area contributed by atoms with Gasteiger partial charge in [-0.25, -0.2) is 13.1 Å². The van der Waals surface area contributed by atoms with Crippen molar-refractivity contribution in [3.63, 3.8) is 0 Å². The second-order valence-corrected chi connectivity index (χ2v) is 5.63. The summed E-state index contributed by atoms with van der Waals surface area (Å²) in [5.41, 5.74) is 0. The molecular formula is C9H15N3O3S. The van der Waals surface area contributed by atoms with E-state index in [4.69, 9.17) is 4.74 Å². The first-order valence-electron chi connectivity index (χ1n) is 5.21. The average Bonchev–Trinajstić information content (AvgIpc) is 2.69. The molecule has 1 aliphatic rings. The highest BCUT2D eigenvalue weighted by atomic mass is 32.2. The maximum absolute atomic E-state index is 11.8. The fourth-order valence-corrected chi connectivity index (χ4v) is 2.97. The molecule has 1 saturated heterocycles. The van der Waals surface area contributed by atoms with E-state index in [0.29, 0.717) is 19.4 Å². The second-order valence-electron chi connectivity index (χ2n) is 3.94. The van der Waals surface area contributed by atoms with Crippen molar-refractivity contribution in [1.29, 1.82) is 0 Å². The van der Waals surface area contributed by atoms with E-state index < -0.39 is 10.0 Å². The summed E-state index contributed by atoms with van der Waals surface area (Å²) in [5.74, 6) is 0. The highest BCUT2D eigenvalue weighted by Gasteiger charge is 2.25. The maximum Gasteiger partial charge on any atom is 0.257 e. The molecule has 1 aromatic heterocycles. The monoisotopic (exact) mass is 245 g/mol. The van der Waals surface area contributed by atoms with Gasteiger partial charge in [-0.3, -0.25) is 5.10 Å². The molecule has 2 atom stereocenters. The summed E-state index contributed by atoms with van der Waals surface area (Å²) in [6, 6.07) is 1.38. The van der Waals surface area contributed by atoms with Gasteiger partial charge in [0.2, 0.25) is 0 Å². The Morgan fingerprint density at radius 1 is 1.62 bits per heavy atom. The van der Waals surface area contributed by atoms with Crippen LogP contribution in [0.1, 0.15) is 19.8 Å². The third-order valence-electron chi connectivity index (χ3n) is 2.57. The van der Waals surface area contributed by atoms with Crippen molar-refractivity contribution in [2.75, 3.05) is 6.61 Å². The van der Waals surface area contributed by atoms with Crippen LogP contribution in [0.15, 0.2) is 17.3 Å². The molecule has 1 fully saturated rings. The Morgan fingerprint density at radius 3 is 3.06 bits per heavy atom. The zero-order valence-electron chi connectivity index (χ0n) is 9.01. The molecule has 2 N–H and O–H groups in total. The SMILES string of the molecule is CC1CC(NS(=O)(=O)c2ccn[nH]2)CCO1. The number of hydrogen-bond acceptors (Lipinski definition) is 4. The Kier molecular flexibility index (Phi) is 3.27. The first-order chi connectivity index (χ1) is 7.58. The standard InChI is InChI=1S/C9H15N3O3S/c1-7-6-8(3-5-15-7)12-16(13,14)9-2-4-10-11-9/h2,4,7-8,12H,3,5-6H2,1H3,(H,10,11). The number of hydrogen-bond donors (Lipinski definition) is 2. The Hall–Kier alpha value is -0.920. The first-order valence-corrected chi connectivity index (χ1v) is 6.69. The quantitative estimate of drug-likeness (QED) is 0.799. The molecule has 0 amide bonds. The molecule has 0 spiro atoms. The van der Waals surface area contributed by atoms with E-state index in [9.17, 15) is 8.42 Å². The third kappa shape index (κ3) is 2.60. The number of H-pyrrole nitrogens is 1. The number of sulfonamides is 1. The van der Waals surface area contributed by atoms with Gasteiger partial charge in [-0.1, -0.05) is 0 Å². The molecule has 6 nitrogen and oxygen atoms in total. The normalized spacial score (nSPS) is 26.8. The molecule has 0 aliphatic carbocycles. The number of nitrogens with one attached hydrogen (secondary N) is 2. The summed E-state index contributed by atoms with van der Waals surface area (Å²) < 4.78 is 31.7. The lowest BCUT2D eigenvalue weighted by Crippen LogP contribution is -2.41. The second kappa shape index (κ2) is 4.52. The number of aromatic amines is 1. The maximum atomic E-state index is 11.8.